The summed E-state index contributed by atoms with van der Waals surface area (Å²) < 4.78 is 6.09. The van der Waals surface area contributed by atoms with Crippen molar-refractivity contribution in [3.8, 4) is 15.8 Å². The molecule has 0 spiro atoms. The van der Waals surface area contributed by atoms with E-state index >= 15 is 0 Å². The molecule has 3 aliphatic heterocycles. The first kappa shape index (κ1) is 20.0. The van der Waals surface area contributed by atoms with E-state index in [-0.39, 0.29) is 0 Å². The number of nitrogens with zero attached hydrogens (tertiary/aromatic N) is 3. The monoisotopic (exact) mass is 403 g/mol. The maximum atomic E-state index is 9.55. The van der Waals surface area contributed by atoms with Crippen LogP contribution in [0.5, 0.6) is 5.19 Å². The summed E-state index contributed by atoms with van der Waals surface area (Å²) in [7, 11) is 0. The standard InChI is InChI=1S/C15H17N3OS.C4H4O4/c1-2-4-12(5-3-1)14-16-17-15(20-14)19-13-10-18-8-6-11(13)7-9-18;5-3(6)1-2-4(7)8/h1-5,11,13H,6-10H2;1-2H,(H,5,6)(H,7,8)/b;2-1+. The number of rotatable bonds is 5. The maximum Gasteiger partial charge on any atom is 0.328 e. The van der Waals surface area contributed by atoms with E-state index in [1.54, 1.807) is 11.3 Å². The Morgan fingerprint density at radius 2 is 1.71 bits per heavy atom. The number of aliphatic carboxylic acids is 2. The molecule has 1 aromatic heterocycles. The molecule has 5 rings (SSSR count). The van der Waals surface area contributed by atoms with Crippen molar-refractivity contribution >= 4 is 23.3 Å². The van der Waals surface area contributed by atoms with Gasteiger partial charge in [-0.1, -0.05) is 46.8 Å². The van der Waals surface area contributed by atoms with Crippen molar-refractivity contribution in [2.45, 2.75) is 18.9 Å². The van der Waals surface area contributed by atoms with Gasteiger partial charge in [-0.25, -0.2) is 9.59 Å². The zero-order chi connectivity index (χ0) is 19.9. The summed E-state index contributed by atoms with van der Waals surface area (Å²) in [6.07, 6.45) is 3.93. The maximum absolute atomic E-state index is 9.55. The molecule has 4 heterocycles. The van der Waals surface area contributed by atoms with Crippen molar-refractivity contribution in [1.29, 1.82) is 0 Å². The lowest BCUT2D eigenvalue weighted by Crippen LogP contribution is -2.52. The third kappa shape index (κ3) is 5.61. The van der Waals surface area contributed by atoms with Crippen molar-refractivity contribution in [1.82, 2.24) is 15.1 Å². The van der Waals surface area contributed by atoms with E-state index in [1.165, 1.54) is 25.9 Å². The largest absolute Gasteiger partial charge is 0.478 e. The number of fused-ring (bicyclic) bond motifs is 3. The van der Waals surface area contributed by atoms with E-state index in [0.717, 1.165) is 17.1 Å². The first-order chi connectivity index (χ1) is 13.5. The van der Waals surface area contributed by atoms with E-state index in [1.807, 2.05) is 18.2 Å². The fourth-order valence-corrected chi connectivity index (χ4v) is 4.03. The SMILES string of the molecule is O=C(O)/C=C/C(=O)O.c1ccc(-c2nnc(OC3CN4CCC3CC4)s2)cc1. The number of benzene rings is 1. The number of piperidine rings is 3. The molecule has 1 atom stereocenters. The highest BCUT2D eigenvalue weighted by Gasteiger charge is 2.36. The number of carboxylic acid groups (broad SMARTS) is 2. The Kier molecular flexibility index (Phi) is 6.72. The molecule has 0 amide bonds. The van der Waals surface area contributed by atoms with Crippen molar-refractivity contribution in [3.05, 3.63) is 42.5 Å². The van der Waals surface area contributed by atoms with Gasteiger partial charge in [-0.2, -0.15) is 0 Å². The molecule has 3 fully saturated rings. The molecule has 8 nitrogen and oxygen atoms in total. The van der Waals surface area contributed by atoms with Crippen molar-refractivity contribution in [3.63, 3.8) is 0 Å². The van der Waals surface area contributed by atoms with Crippen LogP contribution in [0.2, 0.25) is 0 Å². The van der Waals surface area contributed by atoms with Crippen LogP contribution in [0.3, 0.4) is 0 Å². The van der Waals surface area contributed by atoms with Gasteiger partial charge in [0.25, 0.3) is 5.19 Å². The van der Waals surface area contributed by atoms with Gasteiger partial charge in [-0.15, -0.1) is 5.10 Å². The van der Waals surface area contributed by atoms with E-state index in [4.69, 9.17) is 14.9 Å². The Morgan fingerprint density at radius 1 is 1.07 bits per heavy atom. The van der Waals surface area contributed by atoms with Gasteiger partial charge < -0.3 is 14.9 Å². The van der Waals surface area contributed by atoms with Crippen LogP contribution in [0.4, 0.5) is 0 Å². The van der Waals surface area contributed by atoms with Crippen LogP contribution in [0, 0.1) is 5.92 Å². The van der Waals surface area contributed by atoms with Gasteiger partial charge in [0, 0.05) is 24.3 Å². The normalized spacial score (nSPS) is 23.1. The summed E-state index contributed by atoms with van der Waals surface area (Å²) in [4.78, 5) is 21.6. The molecule has 2 bridgehead atoms. The fourth-order valence-electron chi connectivity index (χ4n) is 3.27. The number of hydrogen-bond acceptors (Lipinski definition) is 7. The van der Waals surface area contributed by atoms with Gasteiger partial charge in [0.15, 0.2) is 5.01 Å². The van der Waals surface area contributed by atoms with Crippen molar-refractivity contribution in [2.75, 3.05) is 19.6 Å². The van der Waals surface area contributed by atoms with Crippen LogP contribution in [0.1, 0.15) is 12.8 Å². The predicted octanol–water partition coefficient (Wildman–Crippen LogP) is 2.39. The zero-order valence-corrected chi connectivity index (χ0v) is 15.9. The summed E-state index contributed by atoms with van der Waals surface area (Å²) in [5, 5.41) is 25.7. The van der Waals surface area contributed by atoms with E-state index < -0.39 is 11.9 Å². The van der Waals surface area contributed by atoms with Crippen LogP contribution >= 0.6 is 11.3 Å². The first-order valence-corrected chi connectivity index (χ1v) is 9.75. The van der Waals surface area contributed by atoms with Gasteiger partial charge in [-0.3, -0.25) is 4.90 Å². The Bertz CT molecular complexity index is 815. The molecule has 2 aromatic rings. The van der Waals surface area contributed by atoms with Crippen LogP contribution in [-0.2, 0) is 9.59 Å². The molecule has 1 aromatic carbocycles. The van der Waals surface area contributed by atoms with Crippen molar-refractivity contribution < 1.29 is 24.5 Å². The number of hydrogen-bond donors (Lipinski definition) is 2. The number of carbonyl (C=O) groups is 2. The van der Waals surface area contributed by atoms with Gasteiger partial charge in [0.2, 0.25) is 0 Å². The zero-order valence-electron chi connectivity index (χ0n) is 15.1. The van der Waals surface area contributed by atoms with Gasteiger partial charge >= 0.3 is 11.9 Å². The fraction of sp³-hybridized carbons (Fsp3) is 0.368. The van der Waals surface area contributed by atoms with Crippen LogP contribution in [-0.4, -0.2) is 63.0 Å². The summed E-state index contributed by atoms with van der Waals surface area (Å²) in [5.41, 5.74) is 1.11. The van der Waals surface area contributed by atoms with Crippen molar-refractivity contribution in [2.24, 2.45) is 5.92 Å². The number of ether oxygens (including phenoxy) is 1. The quantitative estimate of drug-likeness (QED) is 0.732. The summed E-state index contributed by atoms with van der Waals surface area (Å²) in [6.45, 7) is 3.51. The second-order valence-corrected chi connectivity index (χ2v) is 7.48. The average Bonchev–Trinajstić information content (AvgIpc) is 3.17. The Balaban J connectivity index is 0.000000242. The van der Waals surface area contributed by atoms with E-state index in [2.05, 4.69) is 27.2 Å². The summed E-state index contributed by atoms with van der Waals surface area (Å²) in [5.74, 6) is -1.82. The lowest BCUT2D eigenvalue weighted by Gasteiger charge is -2.43. The molecule has 9 heteroatoms. The van der Waals surface area contributed by atoms with E-state index in [9.17, 15) is 9.59 Å². The molecule has 3 saturated heterocycles. The van der Waals surface area contributed by atoms with Crippen LogP contribution < -0.4 is 4.74 Å². The predicted molar refractivity (Wildman–Crippen MR) is 103 cm³/mol. The molecule has 3 aliphatic rings. The molecule has 0 saturated carbocycles. The molecule has 28 heavy (non-hydrogen) atoms. The molecular formula is C19H21N3O5S. The van der Waals surface area contributed by atoms with E-state index in [0.29, 0.717) is 29.4 Å². The third-order valence-corrected chi connectivity index (χ3v) is 5.51. The van der Waals surface area contributed by atoms with Gasteiger partial charge in [0.1, 0.15) is 6.10 Å². The molecule has 0 radical (unpaired) electrons. The lowest BCUT2D eigenvalue weighted by molar-refractivity contribution is -0.134. The van der Waals surface area contributed by atoms with Gasteiger partial charge in [0.05, 0.1) is 0 Å². The molecule has 1 unspecified atom stereocenters. The highest BCUT2D eigenvalue weighted by Crippen LogP contribution is 2.33. The Morgan fingerprint density at radius 3 is 2.25 bits per heavy atom. The minimum absolute atomic E-state index is 0.300. The highest BCUT2D eigenvalue weighted by atomic mass is 32.1. The summed E-state index contributed by atoms with van der Waals surface area (Å²) in [6, 6.07) is 10.2. The molecule has 2 N–H and O–H groups in total. The third-order valence-electron chi connectivity index (χ3n) is 4.64. The van der Waals surface area contributed by atoms with Gasteiger partial charge in [-0.05, 0) is 31.8 Å². The molecule has 0 aliphatic carbocycles. The minimum atomic E-state index is -1.26. The van der Waals surface area contributed by atoms with Crippen LogP contribution in [0.25, 0.3) is 10.6 Å². The number of carboxylic acids is 2. The summed E-state index contributed by atoms with van der Waals surface area (Å²) >= 11 is 1.54. The molecule has 148 valence electrons. The Labute approximate surface area is 166 Å². The number of aromatic nitrogens is 2. The molecular weight excluding hydrogens is 382 g/mol. The minimum Gasteiger partial charge on any atom is -0.478 e. The van der Waals surface area contributed by atoms with Crippen LogP contribution in [0.15, 0.2) is 42.5 Å². The smallest absolute Gasteiger partial charge is 0.328 e. The average molecular weight is 403 g/mol. The topological polar surface area (TPSA) is 113 Å². The first-order valence-electron chi connectivity index (χ1n) is 8.93. The second-order valence-electron chi connectivity index (χ2n) is 6.54. The Hall–Kier alpha value is -2.78. The lowest BCUT2D eigenvalue weighted by atomic mass is 9.86. The highest BCUT2D eigenvalue weighted by molar-refractivity contribution is 7.16. The second kappa shape index (κ2) is 9.43.